The molecule has 6 N–H and O–H groups in total. The number of likely N-dealkylation sites (tertiary alicyclic amines) is 2. The fourth-order valence-corrected chi connectivity index (χ4v) is 10.6. The number of benzene rings is 2. The number of aromatic nitrogens is 2. The van der Waals surface area contributed by atoms with Crippen LogP contribution in [0.25, 0.3) is 21.9 Å². The summed E-state index contributed by atoms with van der Waals surface area (Å²) in [6, 6.07) is 17.4. The number of nitrogens with one attached hydrogen (secondary N) is 4. The minimum absolute atomic E-state index is 0.00532. The zero-order chi connectivity index (χ0) is 50.6. The monoisotopic (exact) mass is 1020 g/mol. The van der Waals surface area contributed by atoms with E-state index in [1.807, 2.05) is 40.9 Å². The highest BCUT2D eigenvalue weighted by atomic mass is 35.5. The molecule has 0 spiro atoms. The van der Waals surface area contributed by atoms with Gasteiger partial charge in [0.25, 0.3) is 11.8 Å². The molecule has 2 aliphatic carbocycles. The summed E-state index contributed by atoms with van der Waals surface area (Å²) < 4.78 is 11.8. The number of anilines is 6. The fraction of sp³-hybridized carbons (Fsp3) is 0.385. The smallest absolute Gasteiger partial charge is 0.294 e. The first-order valence-electron chi connectivity index (χ1n) is 24.3. The van der Waals surface area contributed by atoms with Crippen molar-refractivity contribution in [3.8, 4) is 0 Å². The van der Waals surface area contributed by atoms with E-state index < -0.39 is 11.8 Å². The molecule has 376 valence electrons. The van der Waals surface area contributed by atoms with Crippen molar-refractivity contribution in [1.82, 2.24) is 19.8 Å². The minimum atomic E-state index is -0.568. The van der Waals surface area contributed by atoms with Gasteiger partial charge >= 0.3 is 0 Å². The first-order valence-corrected chi connectivity index (χ1v) is 25.1. The van der Waals surface area contributed by atoms with E-state index in [1.54, 1.807) is 48.5 Å². The number of rotatable bonds is 11. The summed E-state index contributed by atoms with van der Waals surface area (Å²) in [6.45, 7) is 1.62. The van der Waals surface area contributed by atoms with Crippen LogP contribution in [0.5, 0.6) is 0 Å². The molecular weight excluding hydrogens is 964 g/mol. The SMILES string of the molecule is CN(C)c1cccc2oc(C(=O)Nc3ccc(Cl)cn3)c(NC(=O)C3CCC(N4CCCC4=O)CC3)c12.Nc1cccc2oc(C(=O)Nc3ccc(Cl)cn3)c(NC(=O)C3CCC(N4CCCC4=O)CC3)c12. The van der Waals surface area contributed by atoms with E-state index in [-0.39, 0.29) is 64.8 Å². The number of carbonyl (C=O) groups is 6. The number of nitrogen functional groups attached to an aromatic ring is 1. The Morgan fingerprint density at radius 2 is 1.06 bits per heavy atom. The van der Waals surface area contributed by atoms with Crippen molar-refractivity contribution in [1.29, 1.82) is 0 Å². The zero-order valence-corrected chi connectivity index (χ0v) is 41.5. The average molecular weight is 1020 g/mol. The van der Waals surface area contributed by atoms with Gasteiger partial charge in [-0.2, -0.15) is 0 Å². The van der Waals surface area contributed by atoms with E-state index in [1.165, 1.54) is 12.4 Å². The van der Waals surface area contributed by atoms with Crippen LogP contribution in [-0.4, -0.2) is 94.5 Å². The summed E-state index contributed by atoms with van der Waals surface area (Å²) in [5.41, 5.74) is 8.86. The number of pyridine rings is 2. The van der Waals surface area contributed by atoms with Crippen LogP contribution in [-0.2, 0) is 19.2 Å². The third-order valence-corrected chi connectivity index (χ3v) is 14.5. The van der Waals surface area contributed by atoms with Crippen LogP contribution >= 0.6 is 23.2 Å². The van der Waals surface area contributed by atoms with Gasteiger partial charge in [0.1, 0.15) is 34.2 Å². The second kappa shape index (κ2) is 21.7. The molecule has 2 saturated carbocycles. The van der Waals surface area contributed by atoms with Crippen LogP contribution < -0.4 is 31.9 Å². The highest BCUT2D eigenvalue weighted by molar-refractivity contribution is 6.31. The summed E-state index contributed by atoms with van der Waals surface area (Å²) in [5.74, 6) is -0.887. The molecular formula is C52H56Cl2N10O8. The van der Waals surface area contributed by atoms with E-state index in [2.05, 4.69) is 31.2 Å². The lowest BCUT2D eigenvalue weighted by molar-refractivity contribution is -0.131. The predicted octanol–water partition coefficient (Wildman–Crippen LogP) is 9.35. The molecule has 18 nitrogen and oxygen atoms in total. The number of furan rings is 2. The quantitative estimate of drug-likeness (QED) is 0.0763. The largest absolute Gasteiger partial charge is 0.449 e. The molecule has 4 aliphatic rings. The highest BCUT2D eigenvalue weighted by Gasteiger charge is 2.37. The van der Waals surface area contributed by atoms with E-state index >= 15 is 0 Å². The van der Waals surface area contributed by atoms with Crippen LogP contribution in [0.2, 0.25) is 10.0 Å². The summed E-state index contributed by atoms with van der Waals surface area (Å²) in [4.78, 5) is 91.3. The Morgan fingerprint density at radius 1 is 0.611 bits per heavy atom. The third kappa shape index (κ3) is 10.8. The Bertz CT molecular complexity index is 3010. The molecule has 2 aromatic carbocycles. The minimum Gasteiger partial charge on any atom is -0.449 e. The van der Waals surface area contributed by atoms with Crippen molar-refractivity contribution in [2.75, 3.05) is 59.1 Å². The zero-order valence-electron chi connectivity index (χ0n) is 40.0. The number of halogens is 2. The first kappa shape index (κ1) is 49.8. The molecule has 4 aromatic heterocycles. The maximum absolute atomic E-state index is 13.4. The van der Waals surface area contributed by atoms with Crippen LogP contribution in [0.4, 0.5) is 34.4 Å². The number of nitrogens with zero attached hydrogens (tertiary/aromatic N) is 5. The molecule has 20 heteroatoms. The van der Waals surface area contributed by atoms with Crippen molar-refractivity contribution >= 4 is 115 Å². The Labute approximate surface area is 425 Å². The molecule has 4 fully saturated rings. The van der Waals surface area contributed by atoms with Crippen molar-refractivity contribution in [3.05, 3.63) is 94.6 Å². The van der Waals surface area contributed by atoms with Crippen LogP contribution in [0.15, 0.2) is 81.9 Å². The highest BCUT2D eigenvalue weighted by Crippen LogP contribution is 2.41. The van der Waals surface area contributed by atoms with E-state index in [0.29, 0.717) is 93.5 Å². The number of fused-ring (bicyclic) bond motifs is 2. The van der Waals surface area contributed by atoms with E-state index in [0.717, 1.165) is 57.3 Å². The van der Waals surface area contributed by atoms with Crippen molar-refractivity contribution in [3.63, 3.8) is 0 Å². The molecule has 6 aromatic rings. The average Bonchev–Trinajstić information content (AvgIpc) is 4.19. The third-order valence-electron chi connectivity index (χ3n) is 14.0. The standard InChI is InChI=1S/C27H30ClN5O4.C25H26ClN5O4/c1-32(2)19-5-3-6-20-23(19)24(25(37-20)27(36)30-21-13-10-17(28)15-29-21)31-26(35)16-8-11-18(12-9-16)33-14-4-7-22(33)34;26-15-8-11-19(28-13-15)29-25(34)23-22(21-17(27)3-1-4-18(21)35-23)30-24(33)14-6-9-16(10-7-14)31-12-2-5-20(31)32/h3,5-6,10,13,15-16,18H,4,7-9,11-12,14H2,1-2H3,(H,31,35)(H,29,30,36);1,3-4,8,11,13-14,16H,2,5-7,9-10,12,27H2,(H,30,33)(H,28,29,34). The maximum atomic E-state index is 13.4. The van der Waals surface area contributed by atoms with Gasteiger partial charge in [-0.1, -0.05) is 35.3 Å². The number of hydrogen-bond acceptors (Lipinski definition) is 12. The number of carbonyl (C=O) groups excluding carboxylic acids is 6. The molecule has 6 heterocycles. The van der Waals surface area contributed by atoms with Crippen molar-refractivity contribution in [2.24, 2.45) is 11.8 Å². The molecule has 10 rings (SSSR count). The number of amides is 6. The predicted molar refractivity (Wildman–Crippen MR) is 276 cm³/mol. The number of hydrogen-bond donors (Lipinski definition) is 5. The first-order chi connectivity index (χ1) is 34.7. The summed E-state index contributed by atoms with van der Waals surface area (Å²) in [7, 11) is 3.79. The summed E-state index contributed by atoms with van der Waals surface area (Å²) in [5, 5.41) is 13.4. The topological polar surface area (TPSA) is 238 Å². The van der Waals surface area contributed by atoms with Gasteiger partial charge in [-0.15, -0.1) is 0 Å². The van der Waals surface area contributed by atoms with Crippen LogP contribution in [0.1, 0.15) is 98.2 Å². The van der Waals surface area contributed by atoms with Crippen LogP contribution in [0.3, 0.4) is 0 Å². The van der Waals surface area contributed by atoms with Gasteiger partial charge in [0.15, 0.2) is 0 Å². The van der Waals surface area contributed by atoms with Gasteiger partial charge in [-0.3, -0.25) is 28.8 Å². The van der Waals surface area contributed by atoms with Gasteiger partial charge in [0, 0.05) is 87.7 Å². The second-order valence-corrected chi connectivity index (χ2v) is 19.8. The fourth-order valence-electron chi connectivity index (χ4n) is 10.3. The van der Waals surface area contributed by atoms with Gasteiger partial charge in [0.2, 0.25) is 35.1 Å². The lowest BCUT2D eigenvalue weighted by Gasteiger charge is -2.34. The second-order valence-electron chi connectivity index (χ2n) is 18.9. The number of nitrogens with two attached hydrogens (primary N) is 1. The molecule has 6 amide bonds. The van der Waals surface area contributed by atoms with Gasteiger partial charge in [-0.25, -0.2) is 9.97 Å². The van der Waals surface area contributed by atoms with Gasteiger partial charge in [-0.05, 0) is 113 Å². The molecule has 2 aliphatic heterocycles. The summed E-state index contributed by atoms with van der Waals surface area (Å²) in [6.07, 6.45) is 11.8. The Morgan fingerprint density at radius 3 is 1.47 bits per heavy atom. The lowest BCUT2D eigenvalue weighted by atomic mass is 9.84. The normalized spacial score (nSPS) is 20.0. The summed E-state index contributed by atoms with van der Waals surface area (Å²) >= 11 is 11.8. The van der Waals surface area contributed by atoms with Crippen molar-refractivity contribution < 1.29 is 37.6 Å². The molecule has 72 heavy (non-hydrogen) atoms. The lowest BCUT2D eigenvalue weighted by Crippen LogP contribution is -2.40. The van der Waals surface area contributed by atoms with E-state index in [9.17, 15) is 28.8 Å². The van der Waals surface area contributed by atoms with Crippen molar-refractivity contribution in [2.45, 2.75) is 89.1 Å². The van der Waals surface area contributed by atoms with Gasteiger partial charge < -0.3 is 50.5 Å². The Hall–Kier alpha value is -7.18. The molecule has 0 bridgehead atoms. The molecule has 0 unspecified atom stereocenters. The van der Waals surface area contributed by atoms with E-state index in [4.69, 9.17) is 37.8 Å². The Kier molecular flexibility index (Phi) is 15.0. The van der Waals surface area contributed by atoms with Gasteiger partial charge in [0.05, 0.1) is 20.8 Å². The Balaban J connectivity index is 0.000000178. The molecule has 0 radical (unpaired) electrons. The molecule has 2 saturated heterocycles. The molecule has 0 atom stereocenters. The maximum Gasteiger partial charge on any atom is 0.294 e. The van der Waals surface area contributed by atoms with Crippen LogP contribution in [0, 0.1) is 11.8 Å².